The summed E-state index contributed by atoms with van der Waals surface area (Å²) in [4.78, 5) is 12.7. The molecule has 0 bridgehead atoms. The van der Waals surface area contributed by atoms with Crippen LogP contribution in [0.15, 0.2) is 42.0 Å². The minimum atomic E-state index is -0.266. The number of benzene rings is 2. The van der Waals surface area contributed by atoms with Crippen molar-refractivity contribution in [2.45, 2.75) is 52.4 Å². The van der Waals surface area contributed by atoms with Crippen LogP contribution in [0.1, 0.15) is 58.2 Å². The van der Waals surface area contributed by atoms with E-state index in [0.717, 1.165) is 16.7 Å². The van der Waals surface area contributed by atoms with Crippen molar-refractivity contribution in [2.75, 3.05) is 11.9 Å². The zero-order chi connectivity index (χ0) is 22.0. The molecule has 0 aliphatic carbocycles. The summed E-state index contributed by atoms with van der Waals surface area (Å²) in [5, 5.41) is 14.3. The number of anilines is 1. The predicted molar refractivity (Wildman–Crippen MR) is 123 cm³/mol. The number of halogens is 1. The average molecular weight is 415 g/mol. The first-order valence-corrected chi connectivity index (χ1v) is 10.1. The number of phenolic OH excluding ortho intramolecular Hbond substituents is 1. The molecule has 29 heavy (non-hydrogen) atoms. The maximum absolute atomic E-state index is 12.7. The van der Waals surface area contributed by atoms with E-state index in [1.54, 1.807) is 30.3 Å². The third-order valence-corrected chi connectivity index (χ3v) is 4.95. The lowest BCUT2D eigenvalue weighted by Crippen LogP contribution is -2.20. The van der Waals surface area contributed by atoms with Gasteiger partial charge in [0.15, 0.2) is 0 Å². The fourth-order valence-electron chi connectivity index (χ4n) is 3.05. The van der Waals surface area contributed by atoms with Gasteiger partial charge in [0.25, 0.3) is 5.91 Å². The Morgan fingerprint density at radius 1 is 1.03 bits per heavy atom. The molecule has 2 aromatic carbocycles. The van der Waals surface area contributed by atoms with Crippen molar-refractivity contribution < 1.29 is 9.90 Å². The van der Waals surface area contributed by atoms with E-state index in [9.17, 15) is 9.90 Å². The second-order valence-corrected chi connectivity index (χ2v) is 9.74. The molecule has 156 valence electrons. The number of rotatable bonds is 4. The summed E-state index contributed by atoms with van der Waals surface area (Å²) in [7, 11) is 0. The Morgan fingerprint density at radius 3 is 1.93 bits per heavy atom. The molecule has 4 nitrogen and oxygen atoms in total. The van der Waals surface area contributed by atoms with Crippen LogP contribution in [0, 0.1) is 0 Å². The number of hydrogen-bond acceptors (Lipinski definition) is 3. The Bertz CT molecular complexity index is 882. The van der Waals surface area contributed by atoms with Crippen molar-refractivity contribution in [1.82, 2.24) is 0 Å². The molecule has 0 saturated heterocycles. The molecule has 1 amide bonds. The van der Waals surface area contributed by atoms with Crippen LogP contribution in [0.5, 0.6) is 5.75 Å². The predicted octanol–water partition coefficient (Wildman–Crippen LogP) is 5.62. The van der Waals surface area contributed by atoms with Crippen LogP contribution in [0.25, 0.3) is 6.08 Å². The maximum atomic E-state index is 12.7. The second-order valence-electron chi connectivity index (χ2n) is 9.30. The molecule has 0 spiro atoms. The van der Waals surface area contributed by atoms with Crippen LogP contribution >= 0.6 is 11.6 Å². The first-order valence-electron chi connectivity index (χ1n) is 9.68. The summed E-state index contributed by atoms with van der Waals surface area (Å²) in [6, 6.07) is 10.8. The average Bonchev–Trinajstić information content (AvgIpc) is 2.60. The molecule has 0 radical (unpaired) electrons. The molecule has 0 fully saturated rings. The first kappa shape index (κ1) is 23.0. The van der Waals surface area contributed by atoms with Crippen LogP contribution < -0.4 is 11.1 Å². The zero-order valence-electron chi connectivity index (χ0n) is 18.1. The van der Waals surface area contributed by atoms with Gasteiger partial charge in [0, 0.05) is 34.0 Å². The number of aromatic hydroxyl groups is 1. The molecule has 0 saturated carbocycles. The zero-order valence-corrected chi connectivity index (χ0v) is 18.8. The van der Waals surface area contributed by atoms with Gasteiger partial charge in [-0.25, -0.2) is 0 Å². The highest BCUT2D eigenvalue weighted by molar-refractivity contribution is 6.30. The quantitative estimate of drug-likeness (QED) is 0.568. The largest absolute Gasteiger partial charge is 0.507 e. The Kier molecular flexibility index (Phi) is 6.82. The Hall–Kier alpha value is -2.30. The van der Waals surface area contributed by atoms with E-state index < -0.39 is 0 Å². The number of carbonyl (C=O) groups excluding carboxylic acids is 1. The molecule has 2 aromatic rings. The van der Waals surface area contributed by atoms with E-state index in [0.29, 0.717) is 22.0 Å². The Balaban J connectivity index is 2.48. The molecule has 0 aliphatic rings. The lowest BCUT2D eigenvalue weighted by Gasteiger charge is -2.28. The summed E-state index contributed by atoms with van der Waals surface area (Å²) < 4.78 is 0. The van der Waals surface area contributed by atoms with Gasteiger partial charge in [-0.2, -0.15) is 0 Å². The standard InChI is InChI=1S/C24H31ClN2O2/c1-23(2,3)19-12-15(13-20(21(19)28)24(4,5)6)11-16(14-26)22(29)27-18-9-7-17(25)8-10-18/h7-13,28H,14,26H2,1-6H3,(H,27,29)/b16-11+. The maximum Gasteiger partial charge on any atom is 0.252 e. The van der Waals surface area contributed by atoms with Gasteiger partial charge in [-0.3, -0.25) is 4.79 Å². The molecular formula is C24H31ClN2O2. The van der Waals surface area contributed by atoms with E-state index in [2.05, 4.69) is 46.9 Å². The highest BCUT2D eigenvalue weighted by Crippen LogP contribution is 2.40. The third kappa shape index (κ3) is 5.84. The van der Waals surface area contributed by atoms with Crippen molar-refractivity contribution in [2.24, 2.45) is 5.73 Å². The summed E-state index contributed by atoms with van der Waals surface area (Å²) in [5.74, 6) is 0.0413. The number of nitrogens with two attached hydrogens (primary N) is 1. The van der Waals surface area contributed by atoms with Gasteiger partial charge in [0.1, 0.15) is 5.75 Å². The smallest absolute Gasteiger partial charge is 0.252 e. The van der Waals surface area contributed by atoms with Crippen molar-refractivity contribution in [1.29, 1.82) is 0 Å². The van der Waals surface area contributed by atoms with E-state index in [-0.39, 0.29) is 23.3 Å². The molecule has 0 atom stereocenters. The van der Waals surface area contributed by atoms with Crippen LogP contribution in [-0.2, 0) is 15.6 Å². The van der Waals surface area contributed by atoms with Gasteiger partial charge in [-0.1, -0.05) is 53.1 Å². The normalized spacial score (nSPS) is 12.8. The summed E-state index contributed by atoms with van der Waals surface area (Å²) in [5.41, 5.74) is 8.99. The first-order chi connectivity index (χ1) is 13.3. The SMILES string of the molecule is CC(C)(C)c1cc(/C=C(\CN)C(=O)Nc2ccc(Cl)cc2)cc(C(C)(C)C)c1O. The van der Waals surface area contributed by atoms with Crippen molar-refractivity contribution >= 4 is 29.3 Å². The van der Waals surface area contributed by atoms with E-state index in [4.69, 9.17) is 17.3 Å². The van der Waals surface area contributed by atoms with Gasteiger partial charge >= 0.3 is 0 Å². The topological polar surface area (TPSA) is 75.4 Å². The van der Waals surface area contributed by atoms with Crippen LogP contribution in [0.3, 0.4) is 0 Å². The summed E-state index contributed by atoms with van der Waals surface area (Å²) in [6.07, 6.45) is 1.79. The molecule has 0 aromatic heterocycles. The van der Waals surface area contributed by atoms with Crippen molar-refractivity contribution in [3.8, 4) is 5.75 Å². The monoisotopic (exact) mass is 414 g/mol. The van der Waals surface area contributed by atoms with E-state index in [1.807, 2.05) is 12.1 Å². The highest BCUT2D eigenvalue weighted by atomic mass is 35.5. The van der Waals surface area contributed by atoms with Gasteiger partial charge < -0.3 is 16.2 Å². The van der Waals surface area contributed by atoms with Crippen LogP contribution in [-0.4, -0.2) is 17.6 Å². The summed E-state index contributed by atoms with van der Waals surface area (Å²) >= 11 is 5.90. The third-order valence-electron chi connectivity index (χ3n) is 4.70. The van der Waals surface area contributed by atoms with E-state index in [1.165, 1.54) is 0 Å². The summed E-state index contributed by atoms with van der Waals surface area (Å²) in [6.45, 7) is 12.4. The van der Waals surface area contributed by atoms with Crippen molar-refractivity contribution in [3.63, 3.8) is 0 Å². The molecule has 0 heterocycles. The Morgan fingerprint density at radius 2 is 1.52 bits per heavy atom. The second kappa shape index (κ2) is 8.60. The minimum absolute atomic E-state index is 0.0933. The van der Waals surface area contributed by atoms with Gasteiger partial charge in [-0.15, -0.1) is 0 Å². The molecule has 2 rings (SSSR count). The number of amides is 1. The van der Waals surface area contributed by atoms with Gasteiger partial charge in [0.05, 0.1) is 0 Å². The molecular weight excluding hydrogens is 384 g/mol. The minimum Gasteiger partial charge on any atom is -0.507 e. The number of nitrogens with one attached hydrogen (secondary N) is 1. The lowest BCUT2D eigenvalue weighted by atomic mass is 9.78. The number of carbonyl (C=O) groups is 1. The number of phenols is 1. The highest BCUT2D eigenvalue weighted by Gasteiger charge is 2.26. The molecule has 5 heteroatoms. The fraction of sp³-hybridized carbons (Fsp3) is 0.375. The van der Waals surface area contributed by atoms with Gasteiger partial charge in [-0.05, 0) is 58.9 Å². The molecule has 4 N–H and O–H groups in total. The Labute approximate surface area is 178 Å². The number of hydrogen-bond donors (Lipinski definition) is 3. The van der Waals surface area contributed by atoms with Crippen LogP contribution in [0.4, 0.5) is 5.69 Å². The fourth-order valence-corrected chi connectivity index (χ4v) is 3.17. The lowest BCUT2D eigenvalue weighted by molar-refractivity contribution is -0.112. The molecule has 0 aliphatic heterocycles. The van der Waals surface area contributed by atoms with E-state index >= 15 is 0 Å². The molecule has 0 unspecified atom stereocenters. The van der Waals surface area contributed by atoms with Crippen molar-refractivity contribution in [3.05, 3.63) is 63.7 Å². The van der Waals surface area contributed by atoms with Gasteiger partial charge in [0.2, 0.25) is 0 Å². The van der Waals surface area contributed by atoms with Crippen LogP contribution in [0.2, 0.25) is 5.02 Å².